The maximum Gasteiger partial charge on any atom is 0.237 e. The first-order chi connectivity index (χ1) is 11.8. The van der Waals surface area contributed by atoms with Crippen LogP contribution in [0.25, 0.3) is 0 Å². The summed E-state index contributed by atoms with van der Waals surface area (Å²) in [6.07, 6.45) is 2.04. The Morgan fingerprint density at radius 3 is 2.68 bits per heavy atom. The second-order valence-corrected chi connectivity index (χ2v) is 7.00. The number of hydrogen-bond acceptors (Lipinski definition) is 3. The van der Waals surface area contributed by atoms with Crippen molar-refractivity contribution in [2.24, 2.45) is 7.05 Å². The second kappa shape index (κ2) is 6.35. The fourth-order valence-electron chi connectivity index (χ4n) is 3.23. The molecule has 1 aromatic heterocycles. The van der Waals surface area contributed by atoms with Gasteiger partial charge in [0, 0.05) is 43.5 Å². The largest absolute Gasteiger partial charge is 0.352 e. The monoisotopic (exact) mass is 340 g/mol. The quantitative estimate of drug-likeness (QED) is 0.906. The zero-order valence-corrected chi connectivity index (χ0v) is 15.2. The lowest BCUT2D eigenvalue weighted by Gasteiger charge is -2.20. The number of aromatic nitrogens is 2. The van der Waals surface area contributed by atoms with Gasteiger partial charge in [0.05, 0.1) is 11.6 Å². The summed E-state index contributed by atoms with van der Waals surface area (Å²) in [5, 5.41) is 7.07. The molecule has 1 aliphatic rings. The van der Waals surface area contributed by atoms with E-state index in [1.165, 1.54) is 0 Å². The molecule has 1 aromatic carbocycles. The van der Waals surface area contributed by atoms with Crippen LogP contribution in [0.3, 0.4) is 0 Å². The molecule has 3 rings (SSSR count). The molecule has 2 amide bonds. The summed E-state index contributed by atoms with van der Waals surface area (Å²) >= 11 is 0. The summed E-state index contributed by atoms with van der Waals surface area (Å²) in [5.41, 5.74) is 3.42. The van der Waals surface area contributed by atoms with Crippen LogP contribution < -0.4 is 10.2 Å². The number of anilines is 1. The predicted molar refractivity (Wildman–Crippen MR) is 96.2 cm³/mol. The highest BCUT2D eigenvalue weighted by Crippen LogP contribution is 2.41. The van der Waals surface area contributed by atoms with Gasteiger partial charge in [-0.2, -0.15) is 5.10 Å². The van der Waals surface area contributed by atoms with Crippen LogP contribution in [0.5, 0.6) is 0 Å². The molecular weight excluding hydrogens is 316 g/mol. The molecule has 6 nitrogen and oxygen atoms in total. The first-order valence-corrected chi connectivity index (χ1v) is 8.48. The third-order valence-corrected chi connectivity index (χ3v) is 5.02. The number of carbonyl (C=O) groups excluding carboxylic acids is 2. The first-order valence-electron chi connectivity index (χ1n) is 8.48. The standard InChI is InChI=1S/C19H24N4O2/c1-13-14(12-21-22(13)4)11-20-17(24)9-10-23-16-8-6-5-7-15(16)19(2,3)18(23)25/h5-8,12H,9-11H2,1-4H3,(H,20,24). The van der Waals surface area contributed by atoms with Gasteiger partial charge in [0.2, 0.25) is 11.8 Å². The van der Waals surface area contributed by atoms with Crippen molar-refractivity contribution < 1.29 is 9.59 Å². The maximum absolute atomic E-state index is 12.7. The van der Waals surface area contributed by atoms with Gasteiger partial charge < -0.3 is 10.2 Å². The molecule has 2 heterocycles. The van der Waals surface area contributed by atoms with E-state index in [1.807, 2.05) is 52.1 Å². The minimum absolute atomic E-state index is 0.0459. The number of rotatable bonds is 5. The average molecular weight is 340 g/mol. The molecule has 1 aliphatic heterocycles. The van der Waals surface area contributed by atoms with Gasteiger partial charge in [-0.15, -0.1) is 0 Å². The molecule has 0 saturated carbocycles. The molecule has 2 aromatic rings. The summed E-state index contributed by atoms with van der Waals surface area (Å²) in [6.45, 7) is 6.67. The SMILES string of the molecule is Cc1c(CNC(=O)CCN2C(=O)C(C)(C)c3ccccc32)cnn1C. The minimum atomic E-state index is -0.542. The molecule has 0 fully saturated rings. The van der Waals surface area contributed by atoms with Crippen LogP contribution in [0.15, 0.2) is 30.5 Å². The highest BCUT2D eigenvalue weighted by Gasteiger charge is 2.43. The molecule has 0 radical (unpaired) electrons. The number of para-hydroxylation sites is 1. The van der Waals surface area contributed by atoms with Crippen LogP contribution in [-0.4, -0.2) is 28.1 Å². The topological polar surface area (TPSA) is 67.2 Å². The zero-order valence-electron chi connectivity index (χ0n) is 15.2. The Kier molecular flexibility index (Phi) is 4.37. The van der Waals surface area contributed by atoms with Gasteiger partial charge >= 0.3 is 0 Å². The van der Waals surface area contributed by atoms with E-state index in [2.05, 4.69) is 10.4 Å². The van der Waals surface area contributed by atoms with Crippen molar-refractivity contribution in [2.45, 2.75) is 39.2 Å². The van der Waals surface area contributed by atoms with Crippen molar-refractivity contribution in [3.05, 3.63) is 47.3 Å². The average Bonchev–Trinajstić information content (AvgIpc) is 3.00. The van der Waals surface area contributed by atoms with Crippen LogP contribution >= 0.6 is 0 Å². The summed E-state index contributed by atoms with van der Waals surface area (Å²) in [7, 11) is 1.87. The first kappa shape index (κ1) is 17.2. The molecule has 132 valence electrons. The van der Waals surface area contributed by atoms with E-state index >= 15 is 0 Å². The van der Waals surface area contributed by atoms with Crippen LogP contribution in [0.2, 0.25) is 0 Å². The smallest absolute Gasteiger partial charge is 0.237 e. The molecule has 25 heavy (non-hydrogen) atoms. The molecule has 1 N–H and O–H groups in total. The van der Waals surface area contributed by atoms with E-state index < -0.39 is 5.41 Å². The molecular formula is C19H24N4O2. The van der Waals surface area contributed by atoms with Crippen LogP contribution in [-0.2, 0) is 28.6 Å². The Balaban J connectivity index is 1.61. The molecule has 0 atom stereocenters. The van der Waals surface area contributed by atoms with E-state index in [4.69, 9.17) is 0 Å². The van der Waals surface area contributed by atoms with E-state index in [0.717, 1.165) is 22.5 Å². The van der Waals surface area contributed by atoms with Gasteiger partial charge in [-0.1, -0.05) is 18.2 Å². The van der Waals surface area contributed by atoms with Crippen LogP contribution in [0, 0.1) is 6.92 Å². The lowest BCUT2D eigenvalue weighted by atomic mass is 9.86. The van der Waals surface area contributed by atoms with Gasteiger partial charge in [0.15, 0.2) is 0 Å². The fraction of sp³-hybridized carbons (Fsp3) is 0.421. The van der Waals surface area contributed by atoms with Gasteiger partial charge in [0.1, 0.15) is 0 Å². The van der Waals surface area contributed by atoms with Crippen molar-refractivity contribution in [2.75, 3.05) is 11.4 Å². The Morgan fingerprint density at radius 1 is 1.28 bits per heavy atom. The second-order valence-electron chi connectivity index (χ2n) is 7.00. The van der Waals surface area contributed by atoms with Gasteiger partial charge in [-0.3, -0.25) is 14.3 Å². The molecule has 0 saturated heterocycles. The van der Waals surface area contributed by atoms with Gasteiger partial charge in [0.25, 0.3) is 0 Å². The number of nitrogens with zero attached hydrogens (tertiary/aromatic N) is 3. The number of fused-ring (bicyclic) bond motifs is 1. The van der Waals surface area contributed by atoms with Gasteiger partial charge in [-0.05, 0) is 32.4 Å². The van der Waals surface area contributed by atoms with Crippen LogP contribution in [0.1, 0.15) is 37.1 Å². The molecule has 0 bridgehead atoms. The van der Waals surface area contributed by atoms with E-state index in [9.17, 15) is 9.59 Å². The number of aryl methyl sites for hydroxylation is 1. The Bertz CT molecular complexity index is 823. The number of benzene rings is 1. The fourth-order valence-corrected chi connectivity index (χ4v) is 3.23. The van der Waals surface area contributed by atoms with Gasteiger partial charge in [-0.25, -0.2) is 0 Å². The van der Waals surface area contributed by atoms with E-state index in [-0.39, 0.29) is 18.2 Å². The number of nitrogens with one attached hydrogen (secondary N) is 1. The summed E-state index contributed by atoms with van der Waals surface area (Å²) in [6, 6.07) is 7.80. The van der Waals surface area contributed by atoms with Crippen molar-refractivity contribution >= 4 is 17.5 Å². The van der Waals surface area contributed by atoms with E-state index in [1.54, 1.807) is 15.8 Å². The molecule has 0 aliphatic carbocycles. The molecule has 0 unspecified atom stereocenters. The Morgan fingerprint density at radius 2 is 2.00 bits per heavy atom. The van der Waals surface area contributed by atoms with E-state index in [0.29, 0.717) is 13.1 Å². The zero-order chi connectivity index (χ0) is 18.2. The Labute approximate surface area is 147 Å². The Hall–Kier alpha value is -2.63. The summed E-state index contributed by atoms with van der Waals surface area (Å²) < 4.78 is 1.78. The third kappa shape index (κ3) is 3.04. The number of hydrogen-bond donors (Lipinski definition) is 1. The van der Waals surface area contributed by atoms with Crippen LogP contribution in [0.4, 0.5) is 5.69 Å². The predicted octanol–water partition coefficient (Wildman–Crippen LogP) is 2.06. The van der Waals surface area contributed by atoms with Crippen molar-refractivity contribution in [3.63, 3.8) is 0 Å². The number of carbonyl (C=O) groups is 2. The summed E-state index contributed by atoms with van der Waals surface area (Å²) in [4.78, 5) is 26.6. The normalized spacial score (nSPS) is 15.4. The van der Waals surface area contributed by atoms with Crippen molar-refractivity contribution in [1.82, 2.24) is 15.1 Å². The highest BCUT2D eigenvalue weighted by molar-refractivity contribution is 6.07. The van der Waals surface area contributed by atoms with Crippen molar-refractivity contribution in [1.29, 1.82) is 0 Å². The lowest BCUT2D eigenvalue weighted by Crippen LogP contribution is -2.38. The number of amides is 2. The minimum Gasteiger partial charge on any atom is -0.352 e. The molecule has 0 spiro atoms. The lowest BCUT2D eigenvalue weighted by molar-refractivity contribution is -0.122. The van der Waals surface area contributed by atoms with Crippen molar-refractivity contribution in [3.8, 4) is 0 Å². The maximum atomic E-state index is 12.7. The highest BCUT2D eigenvalue weighted by atomic mass is 16.2. The molecule has 6 heteroatoms. The third-order valence-electron chi connectivity index (χ3n) is 5.02. The summed E-state index contributed by atoms with van der Waals surface area (Å²) in [5.74, 6) is -0.0251.